The first-order chi connectivity index (χ1) is 15.4. The lowest BCUT2D eigenvalue weighted by atomic mass is 10.1. The van der Waals surface area contributed by atoms with E-state index in [4.69, 9.17) is 4.42 Å². The average molecular weight is 465 g/mol. The van der Waals surface area contributed by atoms with Crippen LogP contribution in [0.3, 0.4) is 0 Å². The summed E-state index contributed by atoms with van der Waals surface area (Å²) in [5.74, 6) is -0.383. The van der Waals surface area contributed by atoms with Crippen LogP contribution in [-0.4, -0.2) is 24.5 Å². The summed E-state index contributed by atoms with van der Waals surface area (Å²) in [5, 5.41) is 12.1. The molecule has 32 heavy (non-hydrogen) atoms. The number of aryl methyl sites for hydroxylation is 1. The Hall–Kier alpha value is -3.76. The first-order valence-corrected chi connectivity index (χ1v) is 11.9. The van der Waals surface area contributed by atoms with E-state index >= 15 is 0 Å². The highest BCUT2D eigenvalue weighted by molar-refractivity contribution is 7.94. The molecule has 0 saturated heterocycles. The molecule has 5 rings (SSSR count). The molecule has 0 radical (unpaired) electrons. The molecule has 0 saturated carbocycles. The smallest absolute Gasteiger partial charge is 0.291 e. The monoisotopic (exact) mass is 464 g/mol. The zero-order chi connectivity index (χ0) is 22.3. The van der Waals surface area contributed by atoms with Crippen molar-refractivity contribution in [3.8, 4) is 0 Å². The van der Waals surface area contributed by atoms with Gasteiger partial charge in [0.15, 0.2) is 0 Å². The van der Waals surface area contributed by atoms with Crippen molar-refractivity contribution < 1.29 is 17.6 Å². The van der Waals surface area contributed by atoms with Crippen molar-refractivity contribution in [3.05, 3.63) is 77.9 Å². The third-order valence-electron chi connectivity index (χ3n) is 4.88. The maximum absolute atomic E-state index is 12.8. The lowest BCUT2D eigenvalue weighted by molar-refractivity contribution is 0.102. The van der Waals surface area contributed by atoms with Gasteiger partial charge in [0.25, 0.3) is 20.3 Å². The van der Waals surface area contributed by atoms with Crippen LogP contribution in [0, 0.1) is 6.92 Å². The minimum atomic E-state index is -4.00. The Labute approximate surface area is 187 Å². The van der Waals surface area contributed by atoms with Gasteiger partial charge >= 0.3 is 0 Å². The maximum atomic E-state index is 12.8. The van der Waals surface area contributed by atoms with Crippen LogP contribution >= 0.6 is 11.3 Å². The molecule has 0 aliphatic carbocycles. The molecule has 8 nitrogen and oxygen atoms in total. The number of carbonyl (C=O) groups excluding carboxylic acids is 1. The topological polar surface area (TPSA) is 114 Å². The van der Waals surface area contributed by atoms with Crippen molar-refractivity contribution in [2.24, 2.45) is 0 Å². The van der Waals surface area contributed by atoms with Crippen molar-refractivity contribution in [1.82, 2.24) is 10.2 Å². The third kappa shape index (κ3) is 3.70. The van der Waals surface area contributed by atoms with Gasteiger partial charge in [-0.3, -0.25) is 14.8 Å². The molecule has 2 heterocycles. The summed E-state index contributed by atoms with van der Waals surface area (Å²) in [5.41, 5.74) is 2.89. The molecule has 0 atom stereocenters. The standard InChI is InChI=1S/C22H16N4O4S2/c1-13-6-2-3-7-15(13)20(27)23-21-24-25-22(31-21)32(28,29)26-14-10-11-17-16-8-4-5-9-18(16)30-19(17)12-14/h2-12,26H,1H3,(H,23,24,27). The second kappa shape index (κ2) is 7.74. The highest BCUT2D eigenvalue weighted by Gasteiger charge is 2.22. The number of para-hydroxylation sites is 1. The van der Waals surface area contributed by atoms with Crippen LogP contribution in [0.15, 0.2) is 75.5 Å². The molecule has 0 aliphatic rings. The number of rotatable bonds is 5. The normalized spacial score (nSPS) is 11.7. The van der Waals surface area contributed by atoms with E-state index in [1.54, 1.807) is 30.3 Å². The molecular weight excluding hydrogens is 448 g/mol. The molecule has 3 aromatic carbocycles. The second-order valence-electron chi connectivity index (χ2n) is 7.06. The van der Waals surface area contributed by atoms with Crippen molar-refractivity contribution >= 4 is 60.0 Å². The number of aromatic nitrogens is 2. The largest absolute Gasteiger partial charge is 0.456 e. The van der Waals surface area contributed by atoms with Crippen LogP contribution in [0.2, 0.25) is 0 Å². The fourth-order valence-corrected chi connectivity index (χ4v) is 5.30. The van der Waals surface area contributed by atoms with E-state index < -0.39 is 10.0 Å². The van der Waals surface area contributed by atoms with Gasteiger partial charge in [-0.2, -0.15) is 8.42 Å². The highest BCUT2D eigenvalue weighted by Crippen LogP contribution is 2.31. The number of nitrogens with zero attached hydrogens (tertiary/aromatic N) is 2. The quantitative estimate of drug-likeness (QED) is 0.361. The average Bonchev–Trinajstić information content (AvgIpc) is 3.38. The van der Waals surface area contributed by atoms with Crippen molar-refractivity contribution in [1.29, 1.82) is 0 Å². The summed E-state index contributed by atoms with van der Waals surface area (Å²) >= 11 is 0.767. The Bertz CT molecular complexity index is 1590. The summed E-state index contributed by atoms with van der Waals surface area (Å²) in [7, 11) is -4.00. The molecule has 0 fully saturated rings. The number of hydrogen-bond acceptors (Lipinski definition) is 7. The van der Waals surface area contributed by atoms with Crippen LogP contribution < -0.4 is 10.0 Å². The van der Waals surface area contributed by atoms with E-state index in [-0.39, 0.29) is 15.4 Å². The van der Waals surface area contributed by atoms with Gasteiger partial charge in [0.2, 0.25) is 5.13 Å². The zero-order valence-corrected chi connectivity index (χ0v) is 18.3. The lowest BCUT2D eigenvalue weighted by Crippen LogP contribution is -2.13. The summed E-state index contributed by atoms with van der Waals surface area (Å²) in [6.07, 6.45) is 0. The van der Waals surface area contributed by atoms with Crippen molar-refractivity contribution in [2.45, 2.75) is 11.3 Å². The summed E-state index contributed by atoms with van der Waals surface area (Å²) < 4.78 is 33.6. The molecule has 5 aromatic rings. The number of hydrogen-bond donors (Lipinski definition) is 2. The van der Waals surface area contributed by atoms with E-state index in [2.05, 4.69) is 20.2 Å². The van der Waals surface area contributed by atoms with E-state index in [0.29, 0.717) is 16.8 Å². The minimum absolute atomic E-state index is 0.0892. The fourth-order valence-electron chi connectivity index (χ4n) is 3.35. The SMILES string of the molecule is Cc1ccccc1C(=O)Nc1nnc(S(=O)(=O)Nc2ccc3c(c2)oc2ccccc23)s1. The number of sulfonamides is 1. The molecule has 0 unspecified atom stereocenters. The molecule has 1 amide bonds. The second-order valence-corrected chi connectivity index (χ2v) is 9.89. The van der Waals surface area contributed by atoms with Gasteiger partial charge < -0.3 is 4.42 Å². The first kappa shape index (κ1) is 20.2. The predicted octanol–water partition coefficient (Wildman–Crippen LogP) is 4.80. The molecule has 2 aromatic heterocycles. The Morgan fingerprint density at radius 3 is 2.53 bits per heavy atom. The third-order valence-corrected chi connectivity index (χ3v) is 7.46. The van der Waals surface area contributed by atoms with Gasteiger partial charge in [-0.25, -0.2) is 0 Å². The van der Waals surface area contributed by atoms with Crippen molar-refractivity contribution in [3.63, 3.8) is 0 Å². The predicted molar refractivity (Wildman–Crippen MR) is 124 cm³/mol. The lowest BCUT2D eigenvalue weighted by Gasteiger charge is -2.05. The number of nitrogens with one attached hydrogen (secondary N) is 2. The molecule has 0 bridgehead atoms. The zero-order valence-electron chi connectivity index (χ0n) is 16.7. The number of fused-ring (bicyclic) bond motifs is 3. The van der Waals surface area contributed by atoms with Crippen molar-refractivity contribution in [2.75, 3.05) is 10.0 Å². The van der Waals surface area contributed by atoms with Gasteiger partial charge in [0.05, 0.1) is 5.69 Å². The number of benzene rings is 3. The Morgan fingerprint density at radius 1 is 0.938 bits per heavy atom. The number of carbonyl (C=O) groups is 1. The Morgan fingerprint density at radius 2 is 1.69 bits per heavy atom. The minimum Gasteiger partial charge on any atom is -0.456 e. The molecule has 0 aliphatic heterocycles. The molecular formula is C22H16N4O4S2. The van der Waals surface area contributed by atoms with Crippen LogP contribution in [0.5, 0.6) is 0 Å². The number of anilines is 2. The Kier molecular flexibility index (Phi) is 4.87. The molecule has 160 valence electrons. The number of furan rings is 1. The van der Waals surface area contributed by atoms with Gasteiger partial charge in [-0.05, 0) is 36.8 Å². The van der Waals surface area contributed by atoms with E-state index in [9.17, 15) is 13.2 Å². The summed E-state index contributed by atoms with van der Waals surface area (Å²) in [6, 6.07) is 19.7. The fraction of sp³-hybridized carbons (Fsp3) is 0.0455. The van der Waals surface area contributed by atoms with Crippen LogP contribution in [-0.2, 0) is 10.0 Å². The van der Waals surface area contributed by atoms with Crippen LogP contribution in [0.25, 0.3) is 21.9 Å². The first-order valence-electron chi connectivity index (χ1n) is 9.55. The van der Waals surface area contributed by atoms with Crippen LogP contribution in [0.1, 0.15) is 15.9 Å². The molecule has 0 spiro atoms. The van der Waals surface area contributed by atoms with Gasteiger partial charge in [0.1, 0.15) is 11.2 Å². The highest BCUT2D eigenvalue weighted by atomic mass is 32.2. The number of amides is 1. The summed E-state index contributed by atoms with van der Waals surface area (Å²) in [4.78, 5) is 12.4. The van der Waals surface area contributed by atoms with Gasteiger partial charge in [0, 0.05) is 22.4 Å². The van der Waals surface area contributed by atoms with E-state index in [0.717, 1.165) is 33.3 Å². The van der Waals surface area contributed by atoms with Gasteiger partial charge in [-0.1, -0.05) is 47.7 Å². The maximum Gasteiger partial charge on any atom is 0.291 e. The molecule has 10 heteroatoms. The van der Waals surface area contributed by atoms with E-state index in [1.807, 2.05) is 43.3 Å². The van der Waals surface area contributed by atoms with Gasteiger partial charge in [-0.15, -0.1) is 10.2 Å². The van der Waals surface area contributed by atoms with Crippen LogP contribution in [0.4, 0.5) is 10.8 Å². The summed E-state index contributed by atoms with van der Waals surface area (Å²) in [6.45, 7) is 1.81. The van der Waals surface area contributed by atoms with E-state index in [1.165, 1.54) is 0 Å². The molecule has 2 N–H and O–H groups in total. The Balaban J connectivity index is 1.37.